The molecule has 0 radical (unpaired) electrons. The van der Waals surface area contributed by atoms with Crippen LogP contribution in [-0.4, -0.2) is 22.5 Å². The highest BCUT2D eigenvalue weighted by atomic mass is 33.1. The van der Waals surface area contributed by atoms with E-state index >= 15 is 0 Å². The van der Waals surface area contributed by atoms with Crippen LogP contribution < -0.4 is 0 Å². The van der Waals surface area contributed by atoms with Crippen LogP contribution in [0.15, 0.2) is 29.4 Å². The molecule has 0 aliphatic heterocycles. The number of hydrogen-bond acceptors (Lipinski definition) is 4. The number of rotatable bonds is 6. The number of hydrogen-bond donors (Lipinski definition) is 1. The molecule has 1 aromatic heterocycles. The Morgan fingerprint density at radius 3 is 2.79 bits per heavy atom. The number of pyridine rings is 1. The van der Waals surface area contributed by atoms with Gasteiger partial charge in [-0.05, 0) is 35.8 Å². The minimum atomic E-state index is 0. The van der Waals surface area contributed by atoms with Crippen molar-refractivity contribution in [3.8, 4) is 0 Å². The molecule has 1 N–H and O–H groups in total. The quantitative estimate of drug-likeness (QED) is 0.602. The molecule has 0 unspecified atom stereocenters. The van der Waals surface area contributed by atoms with Crippen LogP contribution in [0.1, 0.15) is 20.3 Å². The predicted octanol–water partition coefficient (Wildman–Crippen LogP) is 3.23. The van der Waals surface area contributed by atoms with Crippen molar-refractivity contribution >= 4 is 21.6 Å². The molecule has 0 aromatic carbocycles. The van der Waals surface area contributed by atoms with Crippen LogP contribution in [0.4, 0.5) is 0 Å². The van der Waals surface area contributed by atoms with Crippen LogP contribution in [0.5, 0.6) is 0 Å². The Bertz CT molecular complexity index is 219. The zero-order chi connectivity index (χ0) is 9.36. The molecular weight excluding hydrogens is 214 g/mol. The van der Waals surface area contributed by atoms with Gasteiger partial charge in [0.1, 0.15) is 5.03 Å². The Kier molecular flexibility index (Phi) is 9.24. The van der Waals surface area contributed by atoms with Gasteiger partial charge < -0.3 is 5.11 Å². The predicted molar refractivity (Wildman–Crippen MR) is 65.6 cm³/mol. The van der Waals surface area contributed by atoms with Crippen molar-refractivity contribution in [1.29, 1.82) is 0 Å². The van der Waals surface area contributed by atoms with E-state index < -0.39 is 0 Å². The molecule has 14 heavy (non-hydrogen) atoms. The second-order valence-corrected chi connectivity index (χ2v) is 4.94. The van der Waals surface area contributed by atoms with E-state index in [2.05, 4.69) is 4.98 Å². The highest BCUT2D eigenvalue weighted by Crippen LogP contribution is 2.29. The first-order valence-electron chi connectivity index (χ1n) is 4.25. The maximum absolute atomic E-state index is 8.55. The lowest BCUT2D eigenvalue weighted by Gasteiger charge is -1.98. The van der Waals surface area contributed by atoms with Gasteiger partial charge in [0, 0.05) is 18.6 Å². The second-order valence-electron chi connectivity index (χ2n) is 2.50. The van der Waals surface area contributed by atoms with Crippen LogP contribution in [-0.2, 0) is 0 Å². The Hall–Kier alpha value is -0.190. The van der Waals surface area contributed by atoms with Crippen molar-refractivity contribution in [2.45, 2.75) is 25.3 Å². The highest BCUT2D eigenvalue weighted by Gasteiger charge is 1.94. The lowest BCUT2D eigenvalue weighted by Crippen LogP contribution is -1.83. The summed E-state index contributed by atoms with van der Waals surface area (Å²) in [5.41, 5.74) is 0. The number of aliphatic hydroxyl groups excluding tert-OH is 1. The van der Waals surface area contributed by atoms with Crippen molar-refractivity contribution in [2.75, 3.05) is 12.4 Å². The van der Waals surface area contributed by atoms with E-state index in [0.29, 0.717) is 6.61 Å². The van der Waals surface area contributed by atoms with Gasteiger partial charge in [-0.15, -0.1) is 0 Å². The lowest BCUT2D eigenvalue weighted by atomic mass is 10.4. The van der Waals surface area contributed by atoms with Crippen molar-refractivity contribution < 1.29 is 5.11 Å². The molecule has 1 aromatic rings. The fourth-order valence-electron chi connectivity index (χ4n) is 0.771. The molecule has 1 heterocycles. The number of aliphatic hydroxyl groups is 1. The average molecular weight is 231 g/mol. The van der Waals surface area contributed by atoms with E-state index in [1.165, 1.54) is 0 Å². The summed E-state index contributed by atoms with van der Waals surface area (Å²) in [7, 11) is 3.48. The molecule has 1 rings (SSSR count). The summed E-state index contributed by atoms with van der Waals surface area (Å²) in [5, 5.41) is 9.61. The van der Waals surface area contributed by atoms with Gasteiger partial charge in [0.15, 0.2) is 0 Å². The summed E-state index contributed by atoms with van der Waals surface area (Å²) in [6, 6.07) is 5.91. The smallest absolute Gasteiger partial charge is 0.106 e. The van der Waals surface area contributed by atoms with Crippen molar-refractivity contribution in [2.24, 2.45) is 0 Å². The van der Waals surface area contributed by atoms with Crippen molar-refractivity contribution in [3.05, 3.63) is 24.4 Å². The molecule has 0 aliphatic rings. The van der Waals surface area contributed by atoms with Gasteiger partial charge in [0.2, 0.25) is 0 Å². The maximum atomic E-state index is 8.55. The van der Waals surface area contributed by atoms with Gasteiger partial charge in [-0.25, -0.2) is 4.98 Å². The summed E-state index contributed by atoms with van der Waals surface area (Å²) in [5.74, 6) is 1.07. The molecule has 0 saturated carbocycles. The van der Waals surface area contributed by atoms with E-state index in [-0.39, 0.29) is 7.43 Å². The molecule has 4 heteroatoms. The summed E-state index contributed by atoms with van der Waals surface area (Å²) in [6.07, 6.45) is 3.77. The van der Waals surface area contributed by atoms with Gasteiger partial charge >= 0.3 is 0 Å². The molecule has 0 spiro atoms. The molecule has 80 valence electrons. The maximum Gasteiger partial charge on any atom is 0.106 e. The fraction of sp³-hybridized carbons (Fsp3) is 0.500. The monoisotopic (exact) mass is 231 g/mol. The molecule has 0 saturated heterocycles. The van der Waals surface area contributed by atoms with E-state index in [1.54, 1.807) is 27.8 Å². The largest absolute Gasteiger partial charge is 0.396 e. The van der Waals surface area contributed by atoms with Crippen LogP contribution in [0.2, 0.25) is 0 Å². The average Bonchev–Trinajstić information content (AvgIpc) is 2.19. The third kappa shape index (κ3) is 6.29. The zero-order valence-electron chi connectivity index (χ0n) is 7.35. The number of aromatic nitrogens is 1. The van der Waals surface area contributed by atoms with E-state index in [0.717, 1.165) is 23.6 Å². The molecule has 0 fully saturated rings. The fourth-order valence-corrected chi connectivity index (χ4v) is 2.80. The van der Waals surface area contributed by atoms with Crippen molar-refractivity contribution in [1.82, 2.24) is 4.98 Å². The molecule has 0 aliphatic carbocycles. The first-order valence-corrected chi connectivity index (χ1v) is 6.57. The second kappa shape index (κ2) is 9.37. The van der Waals surface area contributed by atoms with Gasteiger partial charge in [-0.3, -0.25) is 0 Å². The molecular formula is C10H17NOS2. The van der Waals surface area contributed by atoms with Crippen LogP contribution in [0.3, 0.4) is 0 Å². The standard InChI is InChI=1S/C9H13NOS2.CH4/c11-7-3-4-8-12-13-9-5-1-2-6-10-9;/h1-2,5-6,11H,3-4,7-8H2;1H4. The SMILES string of the molecule is C.OCCCCSSc1ccccn1. The summed E-state index contributed by atoms with van der Waals surface area (Å²) in [6.45, 7) is 0.300. The Morgan fingerprint density at radius 2 is 2.14 bits per heavy atom. The summed E-state index contributed by atoms with van der Waals surface area (Å²) >= 11 is 0. The number of unbranched alkanes of at least 4 members (excludes halogenated alkanes) is 1. The van der Waals surface area contributed by atoms with Crippen LogP contribution in [0.25, 0.3) is 0 Å². The van der Waals surface area contributed by atoms with E-state index in [4.69, 9.17) is 5.11 Å². The minimum absolute atomic E-state index is 0. The Morgan fingerprint density at radius 1 is 1.29 bits per heavy atom. The van der Waals surface area contributed by atoms with Gasteiger partial charge in [0.05, 0.1) is 0 Å². The third-order valence-corrected chi connectivity index (χ3v) is 3.77. The molecule has 0 atom stereocenters. The first-order chi connectivity index (χ1) is 6.43. The van der Waals surface area contributed by atoms with E-state index in [1.807, 2.05) is 18.2 Å². The summed E-state index contributed by atoms with van der Waals surface area (Å²) < 4.78 is 0. The van der Waals surface area contributed by atoms with Gasteiger partial charge in [-0.1, -0.05) is 24.3 Å². The van der Waals surface area contributed by atoms with Crippen molar-refractivity contribution in [3.63, 3.8) is 0 Å². The number of nitrogens with zero attached hydrogens (tertiary/aromatic N) is 1. The molecule has 0 bridgehead atoms. The molecule has 0 amide bonds. The third-order valence-electron chi connectivity index (χ3n) is 1.42. The zero-order valence-corrected chi connectivity index (χ0v) is 8.98. The van der Waals surface area contributed by atoms with E-state index in [9.17, 15) is 0 Å². The van der Waals surface area contributed by atoms with Gasteiger partial charge in [0.25, 0.3) is 0 Å². The first kappa shape index (κ1) is 13.8. The lowest BCUT2D eigenvalue weighted by molar-refractivity contribution is 0.287. The van der Waals surface area contributed by atoms with Crippen LogP contribution >= 0.6 is 21.6 Å². The highest BCUT2D eigenvalue weighted by molar-refractivity contribution is 8.76. The topological polar surface area (TPSA) is 33.1 Å². The normalized spacial score (nSPS) is 9.50. The van der Waals surface area contributed by atoms with Gasteiger partial charge in [-0.2, -0.15) is 0 Å². The van der Waals surface area contributed by atoms with Crippen LogP contribution in [0, 0.1) is 0 Å². The minimum Gasteiger partial charge on any atom is -0.396 e. The Balaban J connectivity index is 0.00000169. The molecule has 2 nitrogen and oxygen atoms in total. The Labute approximate surface area is 93.9 Å². The summed E-state index contributed by atoms with van der Waals surface area (Å²) in [4.78, 5) is 4.19.